The molecule has 1 heteroatoms. The van der Waals surface area contributed by atoms with Crippen molar-refractivity contribution in [2.75, 3.05) is 0 Å². The Morgan fingerprint density at radius 1 is 0.667 bits per heavy atom. The molecule has 0 aliphatic rings. The average molecular weight is 375 g/mol. The molecule has 0 saturated carbocycles. The van der Waals surface area contributed by atoms with Crippen LogP contribution in [0.2, 0.25) is 0 Å². The van der Waals surface area contributed by atoms with Gasteiger partial charge in [0.15, 0.2) is 0 Å². The number of phenolic OH excluding ortho intramolecular Hbond substituents is 1. The smallest absolute Gasteiger partial charge is 0.119 e. The monoisotopic (exact) mass is 374 g/mol. The van der Waals surface area contributed by atoms with E-state index in [4.69, 9.17) is 0 Å². The molecule has 1 aromatic carbocycles. The van der Waals surface area contributed by atoms with Gasteiger partial charge in [0.05, 0.1) is 0 Å². The Morgan fingerprint density at radius 2 is 1.11 bits per heavy atom. The summed E-state index contributed by atoms with van der Waals surface area (Å²) in [6, 6.07) is 8.03. The minimum atomic E-state index is -0.0491. The van der Waals surface area contributed by atoms with Crippen molar-refractivity contribution in [2.45, 2.75) is 118 Å². The molecule has 0 unspecified atom stereocenters. The number of para-hydroxylation sites is 1. The standard InChI is InChI=1S/C26H46O/c1-8-9-10-11-12-13-14-15-18-21-26(24(2,3)4,25(5,6)7)22-19-16-17-20-23(22)27/h16-17,19-20,27H,8-15,18,21H2,1-7H3. The van der Waals surface area contributed by atoms with Gasteiger partial charge in [-0.2, -0.15) is 0 Å². The van der Waals surface area contributed by atoms with Gasteiger partial charge in [-0.05, 0) is 23.3 Å². The van der Waals surface area contributed by atoms with E-state index in [1.165, 1.54) is 57.8 Å². The van der Waals surface area contributed by atoms with Crippen LogP contribution in [0.1, 0.15) is 118 Å². The third kappa shape index (κ3) is 6.26. The van der Waals surface area contributed by atoms with Crippen molar-refractivity contribution in [3.05, 3.63) is 29.8 Å². The zero-order valence-corrected chi connectivity index (χ0v) is 19.3. The van der Waals surface area contributed by atoms with E-state index in [2.05, 4.69) is 60.6 Å². The van der Waals surface area contributed by atoms with Crippen molar-refractivity contribution < 1.29 is 5.11 Å². The molecule has 1 N–H and O–H groups in total. The van der Waals surface area contributed by atoms with Gasteiger partial charge in [0, 0.05) is 11.0 Å². The molecule has 0 radical (unpaired) electrons. The molecular formula is C26H46O. The molecule has 0 fully saturated rings. The van der Waals surface area contributed by atoms with Gasteiger partial charge in [-0.25, -0.2) is 0 Å². The SMILES string of the molecule is CCCCCCCCCCCC(c1ccccc1O)(C(C)(C)C)C(C)(C)C. The summed E-state index contributed by atoms with van der Waals surface area (Å²) in [7, 11) is 0. The van der Waals surface area contributed by atoms with Crippen molar-refractivity contribution in [2.24, 2.45) is 10.8 Å². The second kappa shape index (κ2) is 10.5. The Hall–Kier alpha value is -0.980. The average Bonchev–Trinajstić information content (AvgIpc) is 2.55. The van der Waals surface area contributed by atoms with Gasteiger partial charge in [0.25, 0.3) is 0 Å². The van der Waals surface area contributed by atoms with Crippen LogP contribution in [-0.4, -0.2) is 5.11 Å². The number of rotatable bonds is 11. The maximum Gasteiger partial charge on any atom is 0.119 e. The van der Waals surface area contributed by atoms with Gasteiger partial charge >= 0.3 is 0 Å². The van der Waals surface area contributed by atoms with Gasteiger partial charge in [-0.3, -0.25) is 0 Å². The topological polar surface area (TPSA) is 20.2 Å². The highest BCUT2D eigenvalue weighted by atomic mass is 16.3. The number of benzene rings is 1. The van der Waals surface area contributed by atoms with E-state index in [1.807, 2.05) is 12.1 Å². The highest BCUT2D eigenvalue weighted by Crippen LogP contribution is 2.58. The molecule has 1 aromatic rings. The number of unbranched alkanes of at least 4 members (excludes halogenated alkanes) is 8. The Morgan fingerprint density at radius 3 is 1.56 bits per heavy atom. The maximum absolute atomic E-state index is 10.7. The van der Waals surface area contributed by atoms with E-state index in [0.717, 1.165) is 12.0 Å². The molecule has 0 aromatic heterocycles. The molecule has 0 aliphatic heterocycles. The number of hydrogen-bond donors (Lipinski definition) is 1. The lowest BCUT2D eigenvalue weighted by molar-refractivity contribution is 0.0372. The Labute approximate surface area is 170 Å². The van der Waals surface area contributed by atoms with Crippen LogP contribution >= 0.6 is 0 Å². The lowest BCUT2D eigenvalue weighted by Gasteiger charge is -2.55. The minimum Gasteiger partial charge on any atom is -0.508 e. The van der Waals surface area contributed by atoms with Crippen molar-refractivity contribution in [1.82, 2.24) is 0 Å². The fourth-order valence-electron chi connectivity index (χ4n) is 5.35. The number of phenols is 1. The van der Waals surface area contributed by atoms with E-state index in [1.54, 1.807) is 0 Å². The minimum absolute atomic E-state index is 0.0491. The molecule has 0 amide bonds. The third-order valence-electron chi connectivity index (χ3n) is 6.58. The molecule has 156 valence electrons. The third-order valence-corrected chi connectivity index (χ3v) is 6.58. The zero-order chi connectivity index (χ0) is 20.6. The lowest BCUT2D eigenvalue weighted by Crippen LogP contribution is -2.50. The molecule has 0 saturated heterocycles. The maximum atomic E-state index is 10.7. The fraction of sp³-hybridized carbons (Fsp3) is 0.769. The molecule has 27 heavy (non-hydrogen) atoms. The Bertz CT molecular complexity index is 516. The van der Waals surface area contributed by atoms with Gasteiger partial charge in [0.2, 0.25) is 0 Å². The second-order valence-electron chi connectivity index (χ2n) is 10.5. The van der Waals surface area contributed by atoms with Crippen molar-refractivity contribution in [3.8, 4) is 5.75 Å². The molecule has 0 aliphatic carbocycles. The molecule has 0 spiro atoms. The first-order valence-electron chi connectivity index (χ1n) is 11.4. The van der Waals surface area contributed by atoms with Gasteiger partial charge in [-0.15, -0.1) is 0 Å². The van der Waals surface area contributed by atoms with E-state index in [-0.39, 0.29) is 16.2 Å². The largest absolute Gasteiger partial charge is 0.508 e. The van der Waals surface area contributed by atoms with E-state index < -0.39 is 0 Å². The quantitative estimate of drug-likeness (QED) is 0.384. The Balaban J connectivity index is 2.82. The summed E-state index contributed by atoms with van der Waals surface area (Å²) in [6.45, 7) is 16.4. The highest BCUT2D eigenvalue weighted by Gasteiger charge is 2.52. The van der Waals surface area contributed by atoms with Gasteiger partial charge < -0.3 is 5.11 Å². The van der Waals surface area contributed by atoms with Crippen LogP contribution in [0.3, 0.4) is 0 Å². The van der Waals surface area contributed by atoms with Crippen LogP contribution in [0.25, 0.3) is 0 Å². The van der Waals surface area contributed by atoms with Crippen LogP contribution in [0.4, 0.5) is 0 Å². The number of aromatic hydroxyl groups is 1. The first-order valence-corrected chi connectivity index (χ1v) is 11.4. The van der Waals surface area contributed by atoms with Crippen LogP contribution in [0.5, 0.6) is 5.75 Å². The molecule has 1 rings (SSSR count). The molecule has 0 bridgehead atoms. The van der Waals surface area contributed by atoms with Crippen molar-refractivity contribution in [1.29, 1.82) is 0 Å². The summed E-state index contributed by atoms with van der Waals surface area (Å²) in [6.07, 6.45) is 13.3. The summed E-state index contributed by atoms with van der Waals surface area (Å²) >= 11 is 0. The first-order chi connectivity index (χ1) is 12.6. The highest BCUT2D eigenvalue weighted by molar-refractivity contribution is 5.41. The summed E-state index contributed by atoms with van der Waals surface area (Å²) in [5.41, 5.74) is 1.23. The van der Waals surface area contributed by atoms with E-state index in [9.17, 15) is 5.11 Å². The van der Waals surface area contributed by atoms with Crippen LogP contribution in [0.15, 0.2) is 24.3 Å². The first kappa shape index (κ1) is 24.1. The predicted octanol–water partition coefficient (Wildman–Crippen LogP) is 8.64. The summed E-state index contributed by atoms with van der Waals surface area (Å²) in [5.74, 6) is 0.457. The van der Waals surface area contributed by atoms with Gasteiger partial charge in [-0.1, -0.05) is 124 Å². The fourth-order valence-corrected chi connectivity index (χ4v) is 5.35. The summed E-state index contributed by atoms with van der Waals surface area (Å²) in [5, 5.41) is 10.7. The molecule has 0 atom stereocenters. The normalized spacial score (nSPS) is 13.1. The summed E-state index contributed by atoms with van der Waals surface area (Å²) in [4.78, 5) is 0. The van der Waals surface area contributed by atoms with Crippen molar-refractivity contribution in [3.63, 3.8) is 0 Å². The van der Waals surface area contributed by atoms with E-state index >= 15 is 0 Å². The van der Waals surface area contributed by atoms with E-state index in [0.29, 0.717) is 5.75 Å². The van der Waals surface area contributed by atoms with Gasteiger partial charge in [0.1, 0.15) is 5.75 Å². The van der Waals surface area contributed by atoms with Crippen LogP contribution in [-0.2, 0) is 5.41 Å². The zero-order valence-electron chi connectivity index (χ0n) is 19.3. The Kier molecular flexibility index (Phi) is 9.39. The molecular weight excluding hydrogens is 328 g/mol. The number of hydrogen-bond acceptors (Lipinski definition) is 1. The molecule has 1 nitrogen and oxygen atoms in total. The molecule has 0 heterocycles. The van der Waals surface area contributed by atoms with Crippen LogP contribution in [0, 0.1) is 10.8 Å². The van der Waals surface area contributed by atoms with Crippen molar-refractivity contribution >= 4 is 0 Å². The predicted molar refractivity (Wildman–Crippen MR) is 121 cm³/mol. The van der Waals surface area contributed by atoms with Crippen LogP contribution < -0.4 is 0 Å². The summed E-state index contributed by atoms with van der Waals surface area (Å²) < 4.78 is 0. The lowest BCUT2D eigenvalue weighted by atomic mass is 9.49. The second-order valence-corrected chi connectivity index (χ2v) is 10.5.